The summed E-state index contributed by atoms with van der Waals surface area (Å²) in [5.74, 6) is -1.58. The molecule has 21 heavy (non-hydrogen) atoms. The van der Waals surface area contributed by atoms with Crippen molar-refractivity contribution in [1.82, 2.24) is 5.32 Å². The average molecular weight is 330 g/mol. The van der Waals surface area contributed by atoms with Crippen molar-refractivity contribution in [2.75, 3.05) is 0 Å². The van der Waals surface area contributed by atoms with Crippen LogP contribution in [-0.4, -0.2) is 23.0 Å². The van der Waals surface area contributed by atoms with E-state index in [2.05, 4.69) is 5.32 Å². The molecule has 6 heteroatoms. The maximum absolute atomic E-state index is 11.8. The first-order valence-electron chi connectivity index (χ1n) is 6.27. The van der Waals surface area contributed by atoms with E-state index >= 15 is 0 Å². The van der Waals surface area contributed by atoms with Crippen LogP contribution in [0.15, 0.2) is 24.3 Å². The number of hydrogen-bond acceptors (Lipinski definition) is 2. The van der Waals surface area contributed by atoms with Crippen molar-refractivity contribution in [1.29, 1.82) is 0 Å². The Morgan fingerprint density at radius 3 is 2.43 bits per heavy atom. The van der Waals surface area contributed by atoms with E-state index in [0.717, 1.165) is 0 Å². The summed E-state index contributed by atoms with van der Waals surface area (Å²) in [6.07, 6.45) is 2.73. The summed E-state index contributed by atoms with van der Waals surface area (Å²) < 4.78 is 0. The lowest BCUT2D eigenvalue weighted by Gasteiger charge is -2.27. The van der Waals surface area contributed by atoms with Crippen LogP contribution in [0.4, 0.5) is 0 Å². The van der Waals surface area contributed by atoms with Gasteiger partial charge in [0.25, 0.3) is 0 Å². The molecule has 0 bridgehead atoms. The number of aliphatic carboxylic acids is 1. The van der Waals surface area contributed by atoms with Crippen molar-refractivity contribution in [3.63, 3.8) is 0 Å². The van der Waals surface area contributed by atoms with Crippen LogP contribution in [0.25, 0.3) is 6.08 Å². The molecule has 0 spiro atoms. The molecule has 0 radical (unpaired) electrons. The van der Waals surface area contributed by atoms with E-state index in [9.17, 15) is 9.59 Å². The van der Waals surface area contributed by atoms with E-state index in [4.69, 9.17) is 28.3 Å². The third kappa shape index (κ3) is 5.40. The van der Waals surface area contributed by atoms with Crippen LogP contribution in [0.5, 0.6) is 0 Å². The molecule has 0 aliphatic carbocycles. The van der Waals surface area contributed by atoms with Gasteiger partial charge in [0.1, 0.15) is 6.04 Å². The topological polar surface area (TPSA) is 66.4 Å². The SMILES string of the molecule is CC(C)(C)[C@@H](NC(=O)/C=C/c1cc(Cl)ccc1Cl)C(=O)O. The Morgan fingerprint density at radius 2 is 1.90 bits per heavy atom. The van der Waals surface area contributed by atoms with Gasteiger partial charge in [-0.15, -0.1) is 0 Å². The second kappa shape index (κ2) is 6.96. The molecule has 0 aliphatic rings. The summed E-state index contributed by atoms with van der Waals surface area (Å²) >= 11 is 11.8. The second-order valence-electron chi connectivity index (χ2n) is 5.65. The molecule has 4 nitrogen and oxygen atoms in total. The molecular weight excluding hydrogens is 313 g/mol. The fourth-order valence-corrected chi connectivity index (χ4v) is 2.01. The van der Waals surface area contributed by atoms with E-state index in [1.807, 2.05) is 0 Å². The number of hydrogen-bond donors (Lipinski definition) is 2. The highest BCUT2D eigenvalue weighted by Gasteiger charge is 2.31. The second-order valence-corrected chi connectivity index (χ2v) is 6.49. The Hall–Kier alpha value is -1.52. The zero-order valence-electron chi connectivity index (χ0n) is 12.0. The van der Waals surface area contributed by atoms with Gasteiger partial charge in [0, 0.05) is 16.1 Å². The van der Waals surface area contributed by atoms with Gasteiger partial charge in [0.05, 0.1) is 0 Å². The van der Waals surface area contributed by atoms with Crippen LogP contribution in [-0.2, 0) is 9.59 Å². The molecule has 1 aromatic carbocycles. The van der Waals surface area contributed by atoms with Crippen molar-refractivity contribution < 1.29 is 14.7 Å². The van der Waals surface area contributed by atoms with Gasteiger partial charge >= 0.3 is 5.97 Å². The minimum absolute atomic E-state index is 0.453. The van der Waals surface area contributed by atoms with E-state index < -0.39 is 23.3 Å². The van der Waals surface area contributed by atoms with E-state index in [-0.39, 0.29) is 0 Å². The number of carbonyl (C=O) groups is 2. The molecule has 0 unspecified atom stereocenters. The first kappa shape index (κ1) is 17.5. The standard InChI is InChI=1S/C15H17Cl2NO3/c1-15(2,3)13(14(20)21)18-12(19)7-4-9-8-10(16)5-6-11(9)17/h4-8,13H,1-3H3,(H,18,19)(H,20,21)/b7-4+/t13-/m0/s1. The fourth-order valence-electron chi connectivity index (χ4n) is 1.65. The van der Waals surface area contributed by atoms with Gasteiger partial charge in [-0.3, -0.25) is 4.79 Å². The number of nitrogens with one attached hydrogen (secondary N) is 1. The molecule has 2 N–H and O–H groups in total. The van der Waals surface area contributed by atoms with Crippen LogP contribution < -0.4 is 5.32 Å². The smallest absolute Gasteiger partial charge is 0.326 e. The molecule has 0 aromatic heterocycles. The first-order chi connectivity index (χ1) is 9.61. The third-order valence-corrected chi connectivity index (χ3v) is 3.35. The maximum atomic E-state index is 11.8. The molecule has 114 valence electrons. The van der Waals surface area contributed by atoms with Crippen LogP contribution in [0, 0.1) is 5.41 Å². The van der Waals surface area contributed by atoms with E-state index in [1.165, 1.54) is 12.2 Å². The lowest BCUT2D eigenvalue weighted by Crippen LogP contribution is -2.48. The summed E-state index contributed by atoms with van der Waals surface area (Å²) in [5.41, 5.74) is -0.00907. The third-order valence-electron chi connectivity index (χ3n) is 2.77. The summed E-state index contributed by atoms with van der Waals surface area (Å²) in [4.78, 5) is 23.0. The van der Waals surface area contributed by atoms with Gasteiger partial charge in [-0.05, 0) is 35.3 Å². The molecule has 0 fully saturated rings. The molecular formula is C15H17Cl2NO3. The highest BCUT2D eigenvalue weighted by Crippen LogP contribution is 2.22. The highest BCUT2D eigenvalue weighted by atomic mass is 35.5. The Kier molecular flexibility index (Phi) is 5.81. The van der Waals surface area contributed by atoms with Crippen LogP contribution in [0.1, 0.15) is 26.3 Å². The summed E-state index contributed by atoms with van der Waals surface area (Å²) in [5, 5.41) is 12.6. The zero-order valence-corrected chi connectivity index (χ0v) is 13.5. The number of halogens is 2. The molecule has 1 atom stereocenters. The zero-order chi connectivity index (χ0) is 16.2. The summed E-state index contributed by atoms with van der Waals surface area (Å²) in [6.45, 7) is 5.22. The van der Waals surface area contributed by atoms with E-state index in [1.54, 1.807) is 39.0 Å². The maximum Gasteiger partial charge on any atom is 0.326 e. The van der Waals surface area contributed by atoms with Gasteiger partial charge in [0.15, 0.2) is 0 Å². The van der Waals surface area contributed by atoms with E-state index in [0.29, 0.717) is 15.6 Å². The minimum Gasteiger partial charge on any atom is -0.480 e. The number of carboxylic acid groups (broad SMARTS) is 1. The Morgan fingerprint density at radius 1 is 1.29 bits per heavy atom. The molecule has 1 amide bonds. The largest absolute Gasteiger partial charge is 0.480 e. The van der Waals surface area contributed by atoms with Crippen molar-refractivity contribution in [3.05, 3.63) is 39.9 Å². The van der Waals surface area contributed by atoms with Crippen molar-refractivity contribution in [2.45, 2.75) is 26.8 Å². The van der Waals surface area contributed by atoms with Gasteiger partial charge in [-0.25, -0.2) is 4.79 Å². The number of carboxylic acids is 1. The highest BCUT2D eigenvalue weighted by molar-refractivity contribution is 6.34. The summed E-state index contributed by atoms with van der Waals surface area (Å²) in [7, 11) is 0. The Balaban J connectivity index is 2.83. The molecule has 0 saturated carbocycles. The number of benzene rings is 1. The quantitative estimate of drug-likeness (QED) is 0.829. The van der Waals surface area contributed by atoms with Crippen molar-refractivity contribution >= 4 is 41.2 Å². The Bertz CT molecular complexity index is 577. The van der Waals surface area contributed by atoms with Gasteiger partial charge in [-0.1, -0.05) is 44.0 Å². The van der Waals surface area contributed by atoms with Gasteiger partial charge in [0.2, 0.25) is 5.91 Å². The molecule has 1 rings (SSSR count). The monoisotopic (exact) mass is 329 g/mol. The van der Waals surface area contributed by atoms with Crippen LogP contribution in [0.2, 0.25) is 10.0 Å². The molecule has 0 saturated heterocycles. The fraction of sp³-hybridized carbons (Fsp3) is 0.333. The van der Waals surface area contributed by atoms with Crippen LogP contribution in [0.3, 0.4) is 0 Å². The van der Waals surface area contributed by atoms with Crippen molar-refractivity contribution in [2.24, 2.45) is 5.41 Å². The lowest BCUT2D eigenvalue weighted by atomic mass is 9.87. The average Bonchev–Trinajstić information content (AvgIpc) is 2.35. The molecule has 0 aliphatic heterocycles. The number of rotatable bonds is 4. The van der Waals surface area contributed by atoms with Gasteiger partial charge < -0.3 is 10.4 Å². The number of amides is 1. The number of carbonyl (C=O) groups excluding carboxylic acids is 1. The van der Waals surface area contributed by atoms with Crippen LogP contribution >= 0.6 is 23.2 Å². The molecule has 1 aromatic rings. The molecule has 0 heterocycles. The van der Waals surface area contributed by atoms with Crippen molar-refractivity contribution in [3.8, 4) is 0 Å². The predicted octanol–water partition coefficient (Wildman–Crippen LogP) is 3.62. The minimum atomic E-state index is -1.08. The summed E-state index contributed by atoms with van der Waals surface area (Å²) in [6, 6.07) is 3.90. The Labute approximate surface area is 133 Å². The first-order valence-corrected chi connectivity index (χ1v) is 7.03. The predicted molar refractivity (Wildman–Crippen MR) is 84.5 cm³/mol. The normalized spacial score (nSPS) is 13.2. The van der Waals surface area contributed by atoms with Gasteiger partial charge in [-0.2, -0.15) is 0 Å². The lowest BCUT2D eigenvalue weighted by molar-refractivity contribution is -0.144.